The van der Waals surface area contributed by atoms with Crippen LogP contribution in [0.25, 0.3) is 0 Å². The van der Waals surface area contributed by atoms with Crippen LogP contribution in [-0.4, -0.2) is 0 Å². The summed E-state index contributed by atoms with van der Waals surface area (Å²) in [5, 5.41) is 45.4. The molecule has 0 spiro atoms. The lowest BCUT2D eigenvalue weighted by Gasteiger charge is -2.06. The van der Waals surface area contributed by atoms with E-state index in [4.69, 9.17) is 0 Å². The van der Waals surface area contributed by atoms with Crippen molar-refractivity contribution in [1.29, 1.82) is 21.0 Å². The second-order valence-corrected chi connectivity index (χ2v) is 7.36. The standard InChI is InChI=1S/C28H12N4/c29-13-17-5-1-9-21-22-10-2-6-18(14-30)26(22)28-20(16-32)8-4-12-24(28)23-11-3-7-19(15-31)27(23)25(17)21/h1-12H/b22-21-,24-23-,27-25-,28-26-. The predicted molar refractivity (Wildman–Crippen MR) is 115 cm³/mol. The van der Waals surface area contributed by atoms with Crippen LogP contribution in [0.5, 0.6) is 0 Å². The van der Waals surface area contributed by atoms with E-state index in [0.29, 0.717) is 43.1 Å². The first kappa shape index (κ1) is 18.8. The van der Waals surface area contributed by atoms with Gasteiger partial charge in [-0.3, -0.25) is 0 Å². The SMILES string of the molecule is N#Cc1cccc2/c1=c1/c(C#N)ccc/c1=c1\cccc(C#N)\c1=c1/c(C#N)ccc/c1=2. The Hall–Kier alpha value is -5.16. The third-order valence-corrected chi connectivity index (χ3v) is 5.82. The van der Waals surface area contributed by atoms with Gasteiger partial charge in [-0.2, -0.15) is 21.0 Å². The highest BCUT2D eigenvalue weighted by Crippen LogP contribution is 2.19. The molecule has 0 atom stereocenters. The molecule has 0 bridgehead atoms. The molecule has 4 nitrogen and oxygen atoms in total. The second kappa shape index (κ2) is 7.27. The summed E-state index contributed by atoms with van der Waals surface area (Å²) in [7, 11) is 0. The maximum atomic E-state index is 9.94. The fourth-order valence-electron chi connectivity index (χ4n) is 4.56. The van der Waals surface area contributed by atoms with Gasteiger partial charge >= 0.3 is 0 Å². The van der Waals surface area contributed by atoms with Crippen LogP contribution in [0.15, 0.2) is 72.8 Å². The van der Waals surface area contributed by atoms with E-state index in [-0.39, 0.29) is 0 Å². The number of nitriles is 4. The molecule has 0 saturated heterocycles. The molecule has 0 aromatic heterocycles. The Bertz CT molecular complexity index is 1730. The number of hydrogen-bond acceptors (Lipinski definition) is 4. The third-order valence-electron chi connectivity index (χ3n) is 5.82. The predicted octanol–water partition coefficient (Wildman–Crippen LogP) is 4.63. The van der Waals surface area contributed by atoms with Crippen molar-refractivity contribution in [3.8, 4) is 24.3 Å². The first-order chi connectivity index (χ1) is 15.7. The highest BCUT2D eigenvalue weighted by atomic mass is 14.3. The van der Waals surface area contributed by atoms with Gasteiger partial charge in [0.25, 0.3) is 0 Å². The minimum absolute atomic E-state index is 0.444. The summed E-state index contributed by atoms with van der Waals surface area (Å²) in [4.78, 5) is 0. The molecule has 4 aromatic carbocycles. The lowest BCUT2D eigenvalue weighted by molar-refractivity contribution is 1.24. The van der Waals surface area contributed by atoms with E-state index in [9.17, 15) is 21.0 Å². The number of hydrogen-bond donors (Lipinski definition) is 0. The molecule has 4 heteroatoms. The molecule has 0 amide bonds. The molecule has 0 saturated carbocycles. The van der Waals surface area contributed by atoms with Crippen molar-refractivity contribution in [1.82, 2.24) is 0 Å². The fraction of sp³-hybridized carbons (Fsp3) is 0. The maximum Gasteiger partial charge on any atom is 0.0998 e. The van der Waals surface area contributed by atoms with E-state index in [1.165, 1.54) is 0 Å². The third kappa shape index (κ3) is 2.52. The van der Waals surface area contributed by atoms with Crippen LogP contribution in [0.3, 0.4) is 0 Å². The van der Waals surface area contributed by atoms with Crippen molar-refractivity contribution in [2.75, 3.05) is 0 Å². The summed E-state index contributed by atoms with van der Waals surface area (Å²) in [6.45, 7) is 0. The molecule has 1 aliphatic carbocycles. The Balaban J connectivity index is 2.56. The average molecular weight is 404 g/mol. The number of benzene rings is 4. The van der Waals surface area contributed by atoms with Crippen LogP contribution >= 0.6 is 0 Å². The first-order valence-corrected chi connectivity index (χ1v) is 9.87. The van der Waals surface area contributed by atoms with E-state index in [2.05, 4.69) is 24.3 Å². The number of fused-ring (bicyclic) bond motifs is 4. The average Bonchev–Trinajstić information content (AvgIpc) is 2.85. The molecular formula is C28H12N4. The minimum atomic E-state index is 0.444. The molecule has 144 valence electrons. The molecule has 1 aliphatic rings. The highest BCUT2D eigenvalue weighted by Gasteiger charge is 2.10. The van der Waals surface area contributed by atoms with Gasteiger partial charge in [-0.15, -0.1) is 0 Å². The van der Waals surface area contributed by atoms with Crippen LogP contribution in [0.2, 0.25) is 0 Å². The van der Waals surface area contributed by atoms with Crippen molar-refractivity contribution in [2.45, 2.75) is 0 Å². The molecule has 0 radical (unpaired) electrons. The van der Waals surface area contributed by atoms with E-state index in [1.807, 2.05) is 24.3 Å². The summed E-state index contributed by atoms with van der Waals surface area (Å²) >= 11 is 0. The van der Waals surface area contributed by atoms with Crippen molar-refractivity contribution in [2.24, 2.45) is 0 Å². The zero-order valence-electron chi connectivity index (χ0n) is 16.7. The molecular weight excluding hydrogens is 392 g/mol. The van der Waals surface area contributed by atoms with Crippen LogP contribution < -0.4 is 0 Å². The summed E-state index contributed by atoms with van der Waals surface area (Å²) in [5.41, 5.74) is 1.78. The zero-order chi connectivity index (χ0) is 22.2. The number of nitrogens with zero attached hydrogens (tertiary/aromatic N) is 4. The topological polar surface area (TPSA) is 95.2 Å². The maximum absolute atomic E-state index is 9.94. The fourth-order valence-corrected chi connectivity index (χ4v) is 4.56. The van der Waals surface area contributed by atoms with Gasteiger partial charge in [0.1, 0.15) is 0 Å². The molecule has 0 fully saturated rings. The Kier molecular flexibility index (Phi) is 4.28. The van der Waals surface area contributed by atoms with Gasteiger partial charge in [0.15, 0.2) is 0 Å². The Labute approximate surface area is 182 Å². The van der Waals surface area contributed by atoms with Gasteiger partial charge in [-0.05, 0) is 45.1 Å². The van der Waals surface area contributed by atoms with Crippen LogP contribution in [-0.2, 0) is 0 Å². The minimum Gasteiger partial charge on any atom is -0.192 e. The Morgan fingerprint density at radius 2 is 0.562 bits per heavy atom. The van der Waals surface area contributed by atoms with Gasteiger partial charge < -0.3 is 0 Å². The molecule has 4 aromatic rings. The Morgan fingerprint density at radius 1 is 0.344 bits per heavy atom. The van der Waals surface area contributed by atoms with E-state index < -0.39 is 0 Å². The van der Waals surface area contributed by atoms with Gasteiger partial charge in [-0.1, -0.05) is 48.5 Å². The summed E-state index contributed by atoms with van der Waals surface area (Å²) < 4.78 is 0. The second-order valence-electron chi connectivity index (χ2n) is 7.36. The quantitative estimate of drug-likeness (QED) is 0.376. The molecule has 0 N–H and O–H groups in total. The molecule has 5 rings (SSSR count). The van der Waals surface area contributed by atoms with Gasteiger partial charge in [0.05, 0.1) is 46.5 Å². The van der Waals surface area contributed by atoms with Crippen LogP contribution in [0, 0.1) is 87.1 Å². The van der Waals surface area contributed by atoms with Gasteiger partial charge in [0, 0.05) is 20.9 Å². The lowest BCUT2D eigenvalue weighted by atomic mass is 9.95. The van der Waals surface area contributed by atoms with Crippen molar-refractivity contribution >= 4 is 0 Å². The van der Waals surface area contributed by atoms with Crippen molar-refractivity contribution in [3.63, 3.8) is 0 Å². The van der Waals surface area contributed by atoms with Crippen molar-refractivity contribution in [3.05, 3.63) is 137 Å². The van der Waals surface area contributed by atoms with Crippen LogP contribution in [0.1, 0.15) is 22.3 Å². The van der Waals surface area contributed by atoms with Gasteiger partial charge in [-0.25, -0.2) is 0 Å². The van der Waals surface area contributed by atoms with Crippen molar-refractivity contribution < 1.29 is 0 Å². The van der Waals surface area contributed by atoms with E-state index >= 15 is 0 Å². The monoisotopic (exact) mass is 404 g/mol. The highest BCUT2D eigenvalue weighted by molar-refractivity contribution is 5.46. The molecule has 0 heterocycles. The molecule has 32 heavy (non-hydrogen) atoms. The van der Waals surface area contributed by atoms with E-state index in [0.717, 1.165) is 20.9 Å². The number of rotatable bonds is 0. The molecule has 0 unspecified atom stereocenters. The first-order valence-electron chi connectivity index (χ1n) is 9.87. The normalized spacial score (nSPS) is 14.9. The Morgan fingerprint density at radius 3 is 0.750 bits per heavy atom. The molecule has 0 aliphatic heterocycles. The smallest absolute Gasteiger partial charge is 0.0998 e. The summed E-state index contributed by atoms with van der Waals surface area (Å²) in [6, 6.07) is 30.8. The van der Waals surface area contributed by atoms with E-state index in [1.54, 1.807) is 48.5 Å². The zero-order valence-corrected chi connectivity index (χ0v) is 16.7. The largest absolute Gasteiger partial charge is 0.192 e. The summed E-state index contributed by atoms with van der Waals surface area (Å²) in [6.07, 6.45) is 0. The van der Waals surface area contributed by atoms with Crippen LogP contribution in [0.4, 0.5) is 0 Å². The van der Waals surface area contributed by atoms with Gasteiger partial charge in [0.2, 0.25) is 0 Å². The lowest BCUT2D eigenvalue weighted by Crippen LogP contribution is -1.97. The summed E-state index contributed by atoms with van der Waals surface area (Å²) in [5.74, 6) is 0.